The van der Waals surface area contributed by atoms with Crippen molar-refractivity contribution in [2.24, 2.45) is 28.9 Å². The lowest BCUT2D eigenvalue weighted by molar-refractivity contribution is -0.137. The fraction of sp³-hybridized carbons (Fsp3) is 0.475. The van der Waals surface area contributed by atoms with Crippen LogP contribution in [-0.2, 0) is 75.4 Å². The van der Waals surface area contributed by atoms with Gasteiger partial charge in [0.15, 0.2) is 0 Å². The summed E-state index contributed by atoms with van der Waals surface area (Å²) in [6.07, 6.45) is 18.4. The Morgan fingerprint density at radius 3 is 1.02 bits per heavy atom. The number of unbranched alkanes of at least 4 members (excludes halogenated alkanes) is 6. The van der Waals surface area contributed by atoms with Gasteiger partial charge in [-0.15, -0.1) is 17.0 Å². The molecule has 716 valence electrons. The van der Waals surface area contributed by atoms with Crippen LogP contribution < -0.4 is 51.9 Å². The summed E-state index contributed by atoms with van der Waals surface area (Å²) >= 11 is 4.86. The Morgan fingerprint density at radius 1 is 0.438 bits per heavy atom. The largest absolute Gasteiger partial charge is 0.508 e. The van der Waals surface area contributed by atoms with E-state index in [1.54, 1.807) is 38.5 Å². The molecule has 4 atom stereocenters. The van der Waals surface area contributed by atoms with E-state index in [2.05, 4.69) is 21.7 Å². The van der Waals surface area contributed by atoms with Gasteiger partial charge in [0.2, 0.25) is 5.91 Å². The average molecular weight is 1880 g/mol. The van der Waals surface area contributed by atoms with E-state index in [9.17, 15) is 24.3 Å². The number of epoxide rings is 1. The van der Waals surface area contributed by atoms with Crippen LogP contribution in [0.1, 0.15) is 169 Å². The van der Waals surface area contributed by atoms with Gasteiger partial charge in [0.05, 0.1) is 53.9 Å². The van der Waals surface area contributed by atoms with E-state index in [1.165, 1.54) is 52.6 Å². The van der Waals surface area contributed by atoms with Crippen LogP contribution in [0.3, 0.4) is 0 Å². The van der Waals surface area contributed by atoms with Gasteiger partial charge in [-0.1, -0.05) is 156 Å². The summed E-state index contributed by atoms with van der Waals surface area (Å²) < 4.78 is 40.2. The number of aromatic hydroxyl groups is 2. The number of nitrogens with two attached hydrogens (primary N) is 4. The molecule has 0 aliphatic carbocycles. The lowest BCUT2D eigenvalue weighted by Crippen LogP contribution is -2.25. The number of benzene rings is 8. The number of carboxylic acid groups (broad SMARTS) is 1. The maximum absolute atomic E-state index is 11.6. The quantitative estimate of drug-likeness (QED) is 0.00956. The van der Waals surface area contributed by atoms with E-state index in [4.69, 9.17) is 109 Å². The number of nitrogens with one attached hydrogen (secondary N) is 1. The highest BCUT2D eigenvalue weighted by Crippen LogP contribution is 2.21. The first-order chi connectivity index (χ1) is 60.8. The van der Waals surface area contributed by atoms with Gasteiger partial charge in [-0.3, -0.25) is 9.59 Å². The predicted molar refractivity (Wildman–Crippen MR) is 513 cm³/mol. The minimum absolute atomic E-state index is 0. The van der Waals surface area contributed by atoms with E-state index in [0.29, 0.717) is 60.7 Å². The topological polar surface area (TPSA) is 464 Å². The predicted octanol–water partition coefficient (Wildman–Crippen LogP) is 15.1. The lowest BCUT2D eigenvalue weighted by atomic mass is 10.1. The molecular formula is C99H149BrClN5O22. The highest BCUT2D eigenvalue weighted by atomic mass is 79.9. The monoisotopic (exact) mass is 1870 g/mol. The molecule has 1 fully saturated rings. The Hall–Kier alpha value is -9.63. The third kappa shape index (κ3) is 70.4. The van der Waals surface area contributed by atoms with Crippen LogP contribution in [0.5, 0.6) is 40.2 Å². The summed E-state index contributed by atoms with van der Waals surface area (Å²) in [5.41, 5.74) is 30.2. The first-order valence-electron chi connectivity index (χ1n) is 43.3. The van der Waals surface area contributed by atoms with E-state index < -0.39 is 35.8 Å². The Balaban J connectivity index is 0. The number of amides is 2. The van der Waals surface area contributed by atoms with Crippen molar-refractivity contribution in [2.75, 3.05) is 99.9 Å². The SMILES string of the molecule is Br.C.CC(C)COC(=O)Cl.CCCCCc1ccc(O)cc1.COc1ccc(CCCC(=O)O)cc1.COc1ccc(CCCC(N)=O)cc1.NCCCCc1ccc(O)cc1.NCCCCc1ccc(OCC(O)CO)cc1.NCCCCc1ccc(OCC(O)CO)cc1.O=C(NCCCCc1ccc(OCC(O)CO)cc1)OCc1ccccc1.OCC1CO1. The number of aliphatic hydroxyl groups is 7. The maximum atomic E-state index is 11.6. The number of aliphatic carboxylic acids is 1. The third-order valence-corrected chi connectivity index (χ3v) is 18.1. The summed E-state index contributed by atoms with van der Waals surface area (Å²) in [7, 11) is 3.27. The zero-order valence-electron chi connectivity index (χ0n) is 74.9. The Labute approximate surface area is 775 Å². The van der Waals surface area contributed by atoms with E-state index in [0.717, 1.165) is 152 Å². The van der Waals surface area contributed by atoms with Crippen molar-refractivity contribution in [3.05, 3.63) is 245 Å². The maximum Gasteiger partial charge on any atom is 0.407 e. The number of ether oxygens (including phenoxy) is 8. The normalized spacial score (nSPS) is 11.7. The Kier molecular flexibility index (Phi) is 75.9. The number of hydrogen-bond donors (Lipinski definition) is 15. The number of primary amides is 1. The molecule has 19 N–H and O–H groups in total. The number of phenols is 2. The zero-order valence-corrected chi connectivity index (χ0v) is 77.3. The molecule has 4 unspecified atom stereocenters. The molecular weight excluding hydrogens is 1730 g/mol. The number of aryl methyl sites for hydroxylation is 7. The molecule has 2 amide bonds. The number of phenolic OH excluding ortho intramolecular Hbond substituents is 2. The molecule has 8 aromatic rings. The standard InChI is InChI=1S/C21H27NO5.2C13H21NO3.C11H15NO2.C11H14O3.C11H16O.C10H15NO.C5H9ClO2.C3H6O2.CH4.BrH/c23-14-19(24)16-26-20-11-9-17(10-12-20)6-4-5-13-22-21(25)27-15-18-7-2-1-3-8-18;2*14-8-2-1-3-11-4-6-13(7-5-11)17-10-12(16)9-15;2*1-14-10-7-5-9(6-8-10)3-2-4-11(12)13;1-2-3-4-5-10-6-8-11(12)9-7-10;11-8-2-1-3-9-4-6-10(12)7-5-9;1-4(2)3-8-5(6)7;4-1-3-2-5-3;;/h1-3,7-12,19,23-24H,4-6,13-16H2,(H,22,25);2*4-7,12,15-16H,1-3,8-10,14H2;5-8H,2-4H2,1H3,(H2,12,13);5-8H,2-4H2,1H3,(H,12,13);6-9,12H,2-5H2,1H3;4-7,12H,1-3,8,11H2;4H,3H2,1-2H3;3-4H,1-2H2;1H4;1H. The molecule has 8 aromatic carbocycles. The van der Waals surface area contributed by atoms with Crippen LogP contribution in [0.2, 0.25) is 0 Å². The molecule has 0 bridgehead atoms. The minimum atomic E-state index is -0.864. The van der Waals surface area contributed by atoms with E-state index in [-0.39, 0.29) is 95.7 Å². The second-order valence-corrected chi connectivity index (χ2v) is 30.0. The molecule has 0 radical (unpaired) electrons. The van der Waals surface area contributed by atoms with Crippen molar-refractivity contribution in [1.29, 1.82) is 0 Å². The highest BCUT2D eigenvalue weighted by molar-refractivity contribution is 8.93. The molecule has 1 aliphatic heterocycles. The number of methoxy groups -OCH3 is 2. The lowest BCUT2D eigenvalue weighted by Gasteiger charge is -2.10. The summed E-state index contributed by atoms with van der Waals surface area (Å²) in [4.78, 5) is 42.3. The van der Waals surface area contributed by atoms with Crippen molar-refractivity contribution < 1.29 is 108 Å². The van der Waals surface area contributed by atoms with Crippen molar-refractivity contribution >= 4 is 52.0 Å². The molecule has 1 heterocycles. The first-order valence-corrected chi connectivity index (χ1v) is 43.7. The minimum Gasteiger partial charge on any atom is -0.508 e. The van der Waals surface area contributed by atoms with Gasteiger partial charge in [0.1, 0.15) is 91.1 Å². The summed E-state index contributed by atoms with van der Waals surface area (Å²) in [5.74, 6) is 3.83. The molecule has 9 rings (SSSR count). The van der Waals surface area contributed by atoms with Crippen LogP contribution in [0.25, 0.3) is 0 Å². The number of rotatable bonds is 48. The van der Waals surface area contributed by atoms with Gasteiger partial charge in [-0.25, -0.2) is 9.59 Å². The van der Waals surface area contributed by atoms with Crippen molar-refractivity contribution in [3.8, 4) is 40.2 Å². The molecule has 0 aromatic heterocycles. The second-order valence-electron chi connectivity index (χ2n) is 29.7. The molecule has 1 aliphatic rings. The van der Waals surface area contributed by atoms with Gasteiger partial charge < -0.3 is 117 Å². The number of halogens is 2. The number of alkyl carbamates (subject to hydrolysis) is 1. The number of aliphatic hydroxyl groups excluding tert-OH is 7. The van der Waals surface area contributed by atoms with Gasteiger partial charge in [-0.2, -0.15) is 0 Å². The average Bonchev–Trinajstić information content (AvgIpc) is 1.04. The summed E-state index contributed by atoms with van der Waals surface area (Å²) in [6.45, 7) is 9.96. The molecule has 27 nitrogen and oxygen atoms in total. The van der Waals surface area contributed by atoms with Gasteiger partial charge in [-0.05, 0) is 271 Å². The van der Waals surface area contributed by atoms with Crippen LogP contribution in [0.4, 0.5) is 9.59 Å². The fourth-order valence-electron chi connectivity index (χ4n) is 10.6. The van der Waals surface area contributed by atoms with Crippen molar-refractivity contribution in [1.82, 2.24) is 5.32 Å². The molecule has 1 saturated heterocycles. The number of hydrogen-bond acceptors (Lipinski definition) is 24. The number of carbonyl (C=O) groups excluding carboxylic acids is 3. The van der Waals surface area contributed by atoms with Crippen LogP contribution in [0.15, 0.2) is 200 Å². The Bertz CT molecular complexity index is 3740. The smallest absolute Gasteiger partial charge is 0.407 e. The van der Waals surface area contributed by atoms with Crippen molar-refractivity contribution in [2.45, 2.75) is 200 Å². The molecule has 29 heteroatoms. The third-order valence-electron chi connectivity index (χ3n) is 18.0. The molecule has 128 heavy (non-hydrogen) atoms. The highest BCUT2D eigenvalue weighted by Gasteiger charge is 2.20. The fourth-order valence-corrected chi connectivity index (χ4v) is 10.7. The second kappa shape index (κ2) is 80.7. The van der Waals surface area contributed by atoms with Crippen LogP contribution >= 0.6 is 28.6 Å². The Morgan fingerprint density at radius 2 is 0.750 bits per heavy atom. The van der Waals surface area contributed by atoms with Crippen LogP contribution in [0, 0.1) is 5.92 Å². The van der Waals surface area contributed by atoms with Gasteiger partial charge in [0, 0.05) is 31.0 Å². The van der Waals surface area contributed by atoms with Crippen molar-refractivity contribution in [3.63, 3.8) is 0 Å². The number of carboxylic acids is 1. The van der Waals surface area contributed by atoms with E-state index in [1.807, 2.05) is 190 Å². The zero-order chi connectivity index (χ0) is 93.0. The van der Waals surface area contributed by atoms with Crippen LogP contribution in [-0.4, -0.2) is 199 Å². The molecule has 0 spiro atoms. The molecule has 0 saturated carbocycles. The van der Waals surface area contributed by atoms with E-state index >= 15 is 0 Å². The van der Waals surface area contributed by atoms with Gasteiger partial charge >= 0.3 is 17.5 Å². The summed E-state index contributed by atoms with van der Waals surface area (Å²) in [6, 6.07) is 63.1. The first kappa shape index (κ1) is 120. The number of carbonyl (C=O) groups is 4. The van der Waals surface area contributed by atoms with Gasteiger partial charge in [0.25, 0.3) is 0 Å². The summed E-state index contributed by atoms with van der Waals surface area (Å²) in [5, 5.41) is 90.9.